The zero-order chi connectivity index (χ0) is 15.7. The average Bonchev–Trinajstić information content (AvgIpc) is 2.38. The molecule has 0 aliphatic rings. The summed E-state index contributed by atoms with van der Waals surface area (Å²) in [7, 11) is -7.20. The van der Waals surface area contributed by atoms with E-state index in [1.165, 1.54) is 48.5 Å². The summed E-state index contributed by atoms with van der Waals surface area (Å²) < 4.78 is 49.6. The molecule has 0 bridgehead atoms. The van der Waals surface area contributed by atoms with Crippen LogP contribution in [0.15, 0.2) is 58.3 Å². The highest BCUT2D eigenvalue weighted by Gasteiger charge is 2.15. The highest BCUT2D eigenvalue weighted by molar-refractivity contribution is 7.92. The lowest BCUT2D eigenvalue weighted by Crippen LogP contribution is -2.13. The minimum absolute atomic E-state index is 0.0386. The molecule has 0 spiro atoms. The molecule has 0 aliphatic heterocycles. The Morgan fingerprint density at radius 2 is 1.52 bits per heavy atom. The van der Waals surface area contributed by atoms with Gasteiger partial charge in [-0.25, -0.2) is 16.8 Å². The molecule has 112 valence electrons. The molecule has 0 radical (unpaired) electrons. The Bertz CT molecular complexity index is 859. The largest absolute Gasteiger partial charge is 0.280 e. The Morgan fingerprint density at radius 3 is 2.10 bits per heavy atom. The monoisotopic (exact) mass is 345 g/mol. The summed E-state index contributed by atoms with van der Waals surface area (Å²) in [6, 6.07) is 11.3. The van der Waals surface area contributed by atoms with Crippen molar-refractivity contribution in [2.75, 3.05) is 11.0 Å². The molecule has 0 amide bonds. The number of hydrogen-bond donors (Lipinski definition) is 1. The van der Waals surface area contributed by atoms with E-state index in [1.54, 1.807) is 0 Å². The van der Waals surface area contributed by atoms with Crippen molar-refractivity contribution in [3.8, 4) is 0 Å². The van der Waals surface area contributed by atoms with Gasteiger partial charge in [-0.1, -0.05) is 17.7 Å². The van der Waals surface area contributed by atoms with Gasteiger partial charge in [0.1, 0.15) is 0 Å². The molecule has 0 fully saturated rings. The number of halogens is 1. The summed E-state index contributed by atoms with van der Waals surface area (Å²) in [6.45, 7) is 0. The van der Waals surface area contributed by atoms with E-state index in [0.29, 0.717) is 5.02 Å². The van der Waals surface area contributed by atoms with Crippen LogP contribution in [0.1, 0.15) is 0 Å². The van der Waals surface area contributed by atoms with Crippen molar-refractivity contribution in [1.29, 1.82) is 0 Å². The Kier molecular flexibility index (Phi) is 4.27. The van der Waals surface area contributed by atoms with Crippen LogP contribution in [0.2, 0.25) is 5.02 Å². The van der Waals surface area contributed by atoms with Gasteiger partial charge >= 0.3 is 0 Å². The fourth-order valence-electron chi connectivity index (χ4n) is 1.62. The quantitative estimate of drug-likeness (QED) is 0.923. The van der Waals surface area contributed by atoms with Crippen molar-refractivity contribution in [2.24, 2.45) is 0 Å². The number of benzene rings is 2. The minimum atomic E-state index is -3.80. The Labute approximate surface area is 128 Å². The van der Waals surface area contributed by atoms with E-state index in [1.807, 2.05) is 0 Å². The standard InChI is InChI=1S/C13H12ClNO4S2/c1-20(16,17)13-4-2-3-11(9-13)15-21(18,19)12-7-5-10(14)6-8-12/h2-9,15H,1H3. The lowest BCUT2D eigenvalue weighted by atomic mass is 10.3. The van der Waals surface area contributed by atoms with Crippen molar-refractivity contribution in [3.63, 3.8) is 0 Å². The maximum absolute atomic E-state index is 12.2. The maximum atomic E-state index is 12.2. The van der Waals surface area contributed by atoms with Gasteiger partial charge in [0.15, 0.2) is 9.84 Å². The van der Waals surface area contributed by atoms with Crippen LogP contribution in [0.4, 0.5) is 5.69 Å². The smallest absolute Gasteiger partial charge is 0.261 e. The Hall–Kier alpha value is -1.57. The second-order valence-electron chi connectivity index (χ2n) is 4.36. The molecule has 5 nitrogen and oxygen atoms in total. The normalized spacial score (nSPS) is 12.1. The van der Waals surface area contributed by atoms with Crippen LogP contribution in [-0.2, 0) is 19.9 Å². The van der Waals surface area contributed by atoms with E-state index >= 15 is 0 Å². The molecule has 0 atom stereocenters. The molecular weight excluding hydrogens is 334 g/mol. The molecule has 0 aliphatic carbocycles. The van der Waals surface area contributed by atoms with Gasteiger partial charge in [-0.2, -0.15) is 0 Å². The fourth-order valence-corrected chi connectivity index (χ4v) is 3.46. The third kappa shape index (κ3) is 3.96. The fraction of sp³-hybridized carbons (Fsp3) is 0.0769. The summed E-state index contributed by atoms with van der Waals surface area (Å²) >= 11 is 5.71. The summed E-state index contributed by atoms with van der Waals surface area (Å²) in [4.78, 5) is 0.0791. The first-order valence-electron chi connectivity index (χ1n) is 5.77. The first-order chi connectivity index (χ1) is 9.68. The zero-order valence-electron chi connectivity index (χ0n) is 10.9. The van der Waals surface area contributed by atoms with Crippen LogP contribution in [-0.4, -0.2) is 23.1 Å². The second-order valence-corrected chi connectivity index (χ2v) is 8.49. The van der Waals surface area contributed by atoms with Crippen LogP contribution in [0.5, 0.6) is 0 Å². The van der Waals surface area contributed by atoms with E-state index in [2.05, 4.69) is 4.72 Å². The summed E-state index contributed by atoms with van der Waals surface area (Å²) in [6.07, 6.45) is 1.06. The lowest BCUT2D eigenvalue weighted by molar-refractivity contribution is 0.599. The SMILES string of the molecule is CS(=O)(=O)c1cccc(NS(=O)(=O)c2ccc(Cl)cc2)c1. The van der Waals surface area contributed by atoms with E-state index in [9.17, 15) is 16.8 Å². The number of rotatable bonds is 4. The maximum Gasteiger partial charge on any atom is 0.261 e. The van der Waals surface area contributed by atoms with E-state index in [4.69, 9.17) is 11.6 Å². The highest BCUT2D eigenvalue weighted by atomic mass is 35.5. The molecule has 2 aromatic rings. The van der Waals surface area contributed by atoms with E-state index < -0.39 is 19.9 Å². The number of nitrogens with one attached hydrogen (secondary N) is 1. The Morgan fingerprint density at radius 1 is 0.905 bits per heavy atom. The van der Waals surface area contributed by atoms with Gasteiger partial charge in [0.25, 0.3) is 10.0 Å². The van der Waals surface area contributed by atoms with Gasteiger partial charge in [0, 0.05) is 11.3 Å². The van der Waals surface area contributed by atoms with Crippen LogP contribution in [0.3, 0.4) is 0 Å². The van der Waals surface area contributed by atoms with Crippen molar-refractivity contribution in [3.05, 3.63) is 53.6 Å². The molecule has 0 saturated carbocycles. The topological polar surface area (TPSA) is 80.3 Å². The van der Waals surface area contributed by atoms with E-state index in [-0.39, 0.29) is 15.5 Å². The molecule has 8 heteroatoms. The molecule has 0 heterocycles. The number of sulfone groups is 1. The van der Waals surface area contributed by atoms with Crippen LogP contribution >= 0.6 is 11.6 Å². The van der Waals surface area contributed by atoms with Crippen LogP contribution in [0, 0.1) is 0 Å². The molecule has 2 rings (SSSR count). The third-order valence-electron chi connectivity index (χ3n) is 2.64. The van der Waals surface area contributed by atoms with Crippen LogP contribution in [0.25, 0.3) is 0 Å². The van der Waals surface area contributed by atoms with E-state index in [0.717, 1.165) is 6.26 Å². The summed E-state index contributed by atoms with van der Waals surface area (Å²) in [5, 5.41) is 0.424. The first-order valence-corrected chi connectivity index (χ1v) is 9.52. The predicted octanol–water partition coefficient (Wildman–Crippen LogP) is 2.54. The van der Waals surface area contributed by atoms with Gasteiger partial charge in [-0.15, -0.1) is 0 Å². The number of hydrogen-bond acceptors (Lipinski definition) is 4. The van der Waals surface area contributed by atoms with Crippen molar-refractivity contribution >= 4 is 37.1 Å². The molecule has 0 saturated heterocycles. The van der Waals surface area contributed by atoms with Crippen LogP contribution < -0.4 is 4.72 Å². The van der Waals surface area contributed by atoms with Crippen molar-refractivity contribution < 1.29 is 16.8 Å². The first kappa shape index (κ1) is 15.8. The predicted molar refractivity (Wildman–Crippen MR) is 81.8 cm³/mol. The molecule has 21 heavy (non-hydrogen) atoms. The average molecular weight is 346 g/mol. The Balaban J connectivity index is 2.35. The summed E-state index contributed by atoms with van der Waals surface area (Å²) in [5.74, 6) is 0. The van der Waals surface area contributed by atoms with Crippen molar-refractivity contribution in [1.82, 2.24) is 0 Å². The molecular formula is C13H12ClNO4S2. The van der Waals surface area contributed by atoms with Gasteiger partial charge in [0.05, 0.1) is 15.5 Å². The third-order valence-corrected chi connectivity index (χ3v) is 5.40. The lowest BCUT2D eigenvalue weighted by Gasteiger charge is -2.09. The van der Waals surface area contributed by atoms with Gasteiger partial charge < -0.3 is 0 Å². The van der Waals surface area contributed by atoms with Gasteiger partial charge in [-0.05, 0) is 42.5 Å². The summed E-state index contributed by atoms with van der Waals surface area (Å²) in [5.41, 5.74) is 0.174. The highest BCUT2D eigenvalue weighted by Crippen LogP contribution is 2.20. The zero-order valence-corrected chi connectivity index (χ0v) is 13.3. The number of sulfonamides is 1. The second kappa shape index (κ2) is 5.67. The molecule has 0 unspecified atom stereocenters. The molecule has 1 N–H and O–H groups in total. The minimum Gasteiger partial charge on any atom is -0.280 e. The van der Waals surface area contributed by atoms with Crippen molar-refractivity contribution in [2.45, 2.75) is 9.79 Å². The molecule has 0 aromatic heterocycles. The molecule has 2 aromatic carbocycles. The van der Waals surface area contributed by atoms with Gasteiger partial charge in [-0.3, -0.25) is 4.72 Å². The van der Waals surface area contributed by atoms with Gasteiger partial charge in [0.2, 0.25) is 0 Å². The number of anilines is 1.